The Morgan fingerprint density at radius 1 is 1.31 bits per heavy atom. The van der Waals surface area contributed by atoms with E-state index < -0.39 is 0 Å². The molecule has 0 unspecified atom stereocenters. The van der Waals surface area contributed by atoms with E-state index in [0.29, 0.717) is 12.5 Å². The first kappa shape index (κ1) is 12.5. The summed E-state index contributed by atoms with van der Waals surface area (Å²) < 4.78 is 0. The Hall–Kier alpha value is -1.57. The van der Waals surface area contributed by atoms with Crippen molar-refractivity contribution in [2.45, 2.75) is 26.7 Å². The summed E-state index contributed by atoms with van der Waals surface area (Å²) in [5.74, 6) is 0.497. The second kappa shape index (κ2) is 6.11. The van der Waals surface area contributed by atoms with Crippen LogP contribution in [0, 0.1) is 0 Å². The summed E-state index contributed by atoms with van der Waals surface area (Å²) in [4.78, 5) is 11.2. The predicted molar refractivity (Wildman–Crippen MR) is 68.2 cm³/mol. The molecule has 0 fully saturated rings. The lowest BCUT2D eigenvalue weighted by atomic mass is 10.0. The van der Waals surface area contributed by atoms with Crippen LogP contribution in [0.4, 0.5) is 0 Å². The Labute approximate surface area is 97.4 Å². The van der Waals surface area contributed by atoms with Gasteiger partial charge in [0.25, 0.3) is 0 Å². The highest BCUT2D eigenvalue weighted by molar-refractivity contribution is 5.91. The minimum absolute atomic E-state index is 0.0459. The molecule has 0 aliphatic heterocycles. The summed E-state index contributed by atoms with van der Waals surface area (Å²) in [5.41, 5.74) is 2.37. The third-order valence-electron chi connectivity index (χ3n) is 2.38. The summed E-state index contributed by atoms with van der Waals surface area (Å²) in [6.07, 6.45) is 3.39. The lowest BCUT2D eigenvalue weighted by Gasteiger charge is -2.04. The monoisotopic (exact) mass is 217 g/mol. The Morgan fingerprint density at radius 3 is 2.44 bits per heavy atom. The fourth-order valence-corrected chi connectivity index (χ4v) is 1.40. The highest BCUT2D eigenvalue weighted by atomic mass is 16.1. The summed E-state index contributed by atoms with van der Waals surface area (Å²) in [6.45, 7) is 6.90. The molecule has 1 amide bonds. The molecule has 2 nitrogen and oxygen atoms in total. The number of likely N-dealkylation sites (N-methyl/N-ethyl adjacent to an activating group) is 1. The summed E-state index contributed by atoms with van der Waals surface area (Å²) >= 11 is 0. The first-order valence-corrected chi connectivity index (χ1v) is 5.69. The molecule has 0 aliphatic carbocycles. The number of rotatable bonds is 4. The van der Waals surface area contributed by atoms with Crippen LogP contribution in [0.3, 0.4) is 0 Å². The van der Waals surface area contributed by atoms with Crippen molar-refractivity contribution in [3.8, 4) is 0 Å². The normalized spacial score (nSPS) is 11.0. The van der Waals surface area contributed by atoms with Crippen molar-refractivity contribution in [2.24, 2.45) is 0 Å². The number of carbonyl (C=O) groups excluding carboxylic acids is 1. The lowest BCUT2D eigenvalue weighted by Crippen LogP contribution is -2.19. The zero-order chi connectivity index (χ0) is 12.0. The molecule has 0 saturated carbocycles. The molecule has 1 rings (SSSR count). The topological polar surface area (TPSA) is 29.1 Å². The van der Waals surface area contributed by atoms with Gasteiger partial charge in [-0.05, 0) is 30.0 Å². The molecule has 0 aliphatic rings. The van der Waals surface area contributed by atoms with Crippen molar-refractivity contribution >= 4 is 12.0 Å². The molecular formula is C14H19NO. The lowest BCUT2D eigenvalue weighted by molar-refractivity contribution is -0.116. The van der Waals surface area contributed by atoms with Crippen molar-refractivity contribution < 1.29 is 4.79 Å². The fourth-order valence-electron chi connectivity index (χ4n) is 1.40. The van der Waals surface area contributed by atoms with Gasteiger partial charge >= 0.3 is 0 Å². The van der Waals surface area contributed by atoms with Crippen molar-refractivity contribution in [1.82, 2.24) is 5.32 Å². The van der Waals surface area contributed by atoms with E-state index in [-0.39, 0.29) is 5.91 Å². The van der Waals surface area contributed by atoms with E-state index in [1.54, 1.807) is 6.08 Å². The van der Waals surface area contributed by atoms with Crippen LogP contribution in [0.1, 0.15) is 37.8 Å². The standard InChI is InChI=1S/C14H19NO/c1-4-15-14(16)10-7-12-5-8-13(9-6-12)11(2)3/h5-11H,4H2,1-3H3,(H,15,16)/b10-7-. The van der Waals surface area contributed by atoms with E-state index in [1.807, 2.05) is 25.1 Å². The number of nitrogens with one attached hydrogen (secondary N) is 1. The van der Waals surface area contributed by atoms with Crippen molar-refractivity contribution in [3.63, 3.8) is 0 Å². The summed E-state index contributed by atoms with van der Waals surface area (Å²) in [5, 5.41) is 2.72. The highest BCUT2D eigenvalue weighted by Gasteiger charge is 1.97. The molecule has 1 aromatic carbocycles. The molecule has 0 atom stereocenters. The van der Waals surface area contributed by atoms with E-state index in [0.717, 1.165) is 5.56 Å². The van der Waals surface area contributed by atoms with Crippen LogP contribution in [0.15, 0.2) is 30.3 Å². The van der Waals surface area contributed by atoms with Gasteiger partial charge in [0.15, 0.2) is 0 Å². The van der Waals surface area contributed by atoms with Crippen LogP contribution in [-0.4, -0.2) is 12.5 Å². The molecule has 0 heterocycles. The predicted octanol–water partition coefficient (Wildman–Crippen LogP) is 2.96. The molecule has 86 valence electrons. The smallest absolute Gasteiger partial charge is 0.243 e. The van der Waals surface area contributed by atoms with Gasteiger partial charge < -0.3 is 5.32 Å². The molecule has 0 spiro atoms. The Kier molecular flexibility index (Phi) is 4.77. The van der Waals surface area contributed by atoms with Gasteiger partial charge in [0.2, 0.25) is 5.91 Å². The highest BCUT2D eigenvalue weighted by Crippen LogP contribution is 2.15. The molecule has 0 radical (unpaired) electrons. The van der Waals surface area contributed by atoms with Crippen LogP contribution in [0.25, 0.3) is 6.08 Å². The van der Waals surface area contributed by atoms with E-state index >= 15 is 0 Å². The minimum Gasteiger partial charge on any atom is -0.353 e. The molecule has 0 bridgehead atoms. The van der Waals surface area contributed by atoms with E-state index in [4.69, 9.17) is 0 Å². The molecular weight excluding hydrogens is 198 g/mol. The van der Waals surface area contributed by atoms with E-state index in [9.17, 15) is 4.79 Å². The number of hydrogen-bond acceptors (Lipinski definition) is 1. The van der Waals surface area contributed by atoms with E-state index in [1.165, 1.54) is 5.56 Å². The van der Waals surface area contributed by atoms with Gasteiger partial charge in [-0.25, -0.2) is 0 Å². The summed E-state index contributed by atoms with van der Waals surface area (Å²) in [7, 11) is 0. The van der Waals surface area contributed by atoms with Crippen LogP contribution >= 0.6 is 0 Å². The van der Waals surface area contributed by atoms with Crippen LogP contribution in [0.5, 0.6) is 0 Å². The molecule has 1 aromatic rings. The number of benzene rings is 1. The van der Waals surface area contributed by atoms with Gasteiger partial charge in [-0.1, -0.05) is 38.1 Å². The third kappa shape index (κ3) is 3.89. The van der Waals surface area contributed by atoms with Gasteiger partial charge in [-0.15, -0.1) is 0 Å². The van der Waals surface area contributed by atoms with Gasteiger partial charge in [0.05, 0.1) is 0 Å². The molecule has 1 N–H and O–H groups in total. The van der Waals surface area contributed by atoms with Gasteiger partial charge in [0.1, 0.15) is 0 Å². The molecule has 2 heteroatoms. The number of hydrogen-bond donors (Lipinski definition) is 1. The first-order valence-electron chi connectivity index (χ1n) is 5.69. The van der Waals surface area contributed by atoms with Crippen LogP contribution in [-0.2, 0) is 4.79 Å². The van der Waals surface area contributed by atoms with Crippen LogP contribution in [0.2, 0.25) is 0 Å². The minimum atomic E-state index is -0.0459. The maximum absolute atomic E-state index is 11.2. The van der Waals surface area contributed by atoms with Crippen molar-refractivity contribution in [3.05, 3.63) is 41.5 Å². The third-order valence-corrected chi connectivity index (χ3v) is 2.38. The largest absolute Gasteiger partial charge is 0.353 e. The van der Waals surface area contributed by atoms with Crippen molar-refractivity contribution in [2.75, 3.05) is 6.54 Å². The van der Waals surface area contributed by atoms with Crippen LogP contribution < -0.4 is 5.32 Å². The average molecular weight is 217 g/mol. The maximum atomic E-state index is 11.2. The Bertz CT molecular complexity index is 363. The van der Waals surface area contributed by atoms with Gasteiger partial charge in [-0.2, -0.15) is 0 Å². The molecule has 16 heavy (non-hydrogen) atoms. The average Bonchev–Trinajstić information content (AvgIpc) is 2.27. The number of amides is 1. The second-order valence-electron chi connectivity index (χ2n) is 4.05. The van der Waals surface area contributed by atoms with Gasteiger partial charge in [-0.3, -0.25) is 4.79 Å². The van der Waals surface area contributed by atoms with Crippen molar-refractivity contribution in [1.29, 1.82) is 0 Å². The Morgan fingerprint density at radius 2 is 1.94 bits per heavy atom. The summed E-state index contributed by atoms with van der Waals surface area (Å²) in [6, 6.07) is 8.26. The maximum Gasteiger partial charge on any atom is 0.243 e. The first-order chi connectivity index (χ1) is 7.63. The second-order valence-corrected chi connectivity index (χ2v) is 4.05. The quantitative estimate of drug-likeness (QED) is 0.772. The fraction of sp³-hybridized carbons (Fsp3) is 0.357. The number of carbonyl (C=O) groups is 1. The van der Waals surface area contributed by atoms with E-state index in [2.05, 4.69) is 31.3 Å². The zero-order valence-electron chi connectivity index (χ0n) is 10.2. The zero-order valence-corrected chi connectivity index (χ0v) is 10.2. The molecule has 0 saturated heterocycles. The Balaban J connectivity index is 2.65. The van der Waals surface area contributed by atoms with Gasteiger partial charge in [0, 0.05) is 12.6 Å². The SMILES string of the molecule is CCNC(=O)/C=C\c1ccc(C(C)C)cc1. The molecule has 0 aromatic heterocycles.